The Balaban J connectivity index is 2.14. The van der Waals surface area contributed by atoms with Gasteiger partial charge in [0, 0.05) is 32.2 Å². The minimum absolute atomic E-state index is 0.0401. The van der Waals surface area contributed by atoms with E-state index in [9.17, 15) is 9.59 Å². The van der Waals surface area contributed by atoms with E-state index in [2.05, 4.69) is 31.2 Å². The number of hydrogen-bond acceptors (Lipinski definition) is 4. The highest BCUT2D eigenvalue weighted by atomic mass is 16.5. The Morgan fingerprint density at radius 1 is 1.23 bits per heavy atom. The van der Waals surface area contributed by atoms with E-state index in [1.165, 1.54) is 0 Å². The third-order valence-electron chi connectivity index (χ3n) is 5.04. The van der Waals surface area contributed by atoms with Gasteiger partial charge in [-0.1, -0.05) is 58.0 Å². The van der Waals surface area contributed by atoms with Crippen LogP contribution in [0.25, 0.3) is 0 Å². The van der Waals surface area contributed by atoms with Gasteiger partial charge in [0.05, 0.1) is 18.2 Å². The summed E-state index contributed by atoms with van der Waals surface area (Å²) in [6, 6.07) is 11.5. The van der Waals surface area contributed by atoms with Crippen LogP contribution in [0.3, 0.4) is 0 Å². The van der Waals surface area contributed by atoms with Crippen LogP contribution < -0.4 is 5.32 Å². The van der Waals surface area contributed by atoms with Gasteiger partial charge in [-0.25, -0.2) is 0 Å². The number of carbonyl (C=O) groups is 2. The van der Waals surface area contributed by atoms with Gasteiger partial charge < -0.3 is 15.0 Å². The van der Waals surface area contributed by atoms with E-state index in [4.69, 9.17) is 4.74 Å². The summed E-state index contributed by atoms with van der Waals surface area (Å²) in [5.74, 6) is -0.0127. The highest BCUT2D eigenvalue weighted by Gasteiger charge is 2.26. The van der Waals surface area contributed by atoms with E-state index in [1.807, 2.05) is 43.3 Å². The predicted molar refractivity (Wildman–Crippen MR) is 118 cm³/mol. The molecule has 2 amide bonds. The van der Waals surface area contributed by atoms with Crippen LogP contribution in [0.4, 0.5) is 5.82 Å². The quantitative estimate of drug-likeness (QED) is 0.683. The van der Waals surface area contributed by atoms with Crippen LogP contribution in [0.1, 0.15) is 51.3 Å². The van der Waals surface area contributed by atoms with Crippen molar-refractivity contribution in [3.05, 3.63) is 47.7 Å². The van der Waals surface area contributed by atoms with Gasteiger partial charge in [0.2, 0.25) is 11.8 Å². The summed E-state index contributed by atoms with van der Waals surface area (Å²) >= 11 is 0. The molecule has 0 radical (unpaired) electrons. The maximum atomic E-state index is 13.2. The van der Waals surface area contributed by atoms with Crippen LogP contribution in [0.5, 0.6) is 0 Å². The Bertz CT molecular complexity index is 840. The lowest BCUT2D eigenvalue weighted by molar-refractivity contribution is -0.136. The molecule has 1 N–H and O–H groups in total. The number of methoxy groups -OCH3 is 1. The standard InChI is InChI=1S/C23H34N4O3/c1-7-18(17-11-9-8-10-12-17)22(29)27(13-14-30-6)16-21(28)24-20-15-19(23(2,3)4)25-26(20)5/h8-12,15,18H,7,13-14,16H2,1-6H3,(H,24,28). The fraction of sp³-hybridized carbons (Fsp3) is 0.522. The van der Waals surface area contributed by atoms with E-state index in [0.717, 1.165) is 11.3 Å². The average Bonchev–Trinajstić information content (AvgIpc) is 3.07. The highest BCUT2D eigenvalue weighted by Crippen LogP contribution is 2.24. The molecule has 0 aliphatic heterocycles. The number of carbonyl (C=O) groups excluding carboxylic acids is 2. The number of amides is 2. The first-order chi connectivity index (χ1) is 14.2. The topological polar surface area (TPSA) is 76.5 Å². The van der Waals surface area contributed by atoms with Crippen LogP contribution >= 0.6 is 0 Å². The summed E-state index contributed by atoms with van der Waals surface area (Å²) in [7, 11) is 3.38. The molecule has 1 aromatic heterocycles. The van der Waals surface area contributed by atoms with Crippen molar-refractivity contribution in [2.75, 3.05) is 32.1 Å². The van der Waals surface area contributed by atoms with Gasteiger partial charge in [0.1, 0.15) is 12.4 Å². The van der Waals surface area contributed by atoms with Gasteiger partial charge in [-0.3, -0.25) is 14.3 Å². The molecule has 7 nitrogen and oxygen atoms in total. The fourth-order valence-corrected chi connectivity index (χ4v) is 3.23. The van der Waals surface area contributed by atoms with Crippen molar-refractivity contribution >= 4 is 17.6 Å². The highest BCUT2D eigenvalue weighted by molar-refractivity contribution is 5.95. The third-order valence-corrected chi connectivity index (χ3v) is 5.04. The van der Waals surface area contributed by atoms with Crippen LogP contribution in [-0.4, -0.2) is 53.3 Å². The van der Waals surface area contributed by atoms with Crippen molar-refractivity contribution < 1.29 is 14.3 Å². The van der Waals surface area contributed by atoms with Gasteiger partial charge in [-0.05, 0) is 12.0 Å². The molecule has 2 aromatic rings. The molecule has 30 heavy (non-hydrogen) atoms. The van der Waals surface area contributed by atoms with E-state index >= 15 is 0 Å². The SMILES string of the molecule is CCC(C(=O)N(CCOC)CC(=O)Nc1cc(C(C)(C)C)nn1C)c1ccccc1. The number of nitrogens with one attached hydrogen (secondary N) is 1. The van der Waals surface area contributed by atoms with Crippen molar-refractivity contribution in [2.24, 2.45) is 7.05 Å². The third kappa shape index (κ3) is 6.16. The number of rotatable bonds is 9. The summed E-state index contributed by atoms with van der Waals surface area (Å²) in [5.41, 5.74) is 1.72. The minimum Gasteiger partial charge on any atom is -0.383 e. The average molecular weight is 415 g/mol. The molecule has 0 saturated carbocycles. The smallest absolute Gasteiger partial charge is 0.245 e. The molecule has 0 spiro atoms. The van der Waals surface area contributed by atoms with Gasteiger partial charge in [-0.15, -0.1) is 0 Å². The van der Waals surface area contributed by atoms with E-state index < -0.39 is 0 Å². The molecule has 1 heterocycles. The normalized spacial score (nSPS) is 12.5. The second kappa shape index (κ2) is 10.4. The molecule has 1 aromatic carbocycles. The number of ether oxygens (including phenoxy) is 1. The number of aryl methyl sites for hydroxylation is 1. The summed E-state index contributed by atoms with van der Waals surface area (Å²) in [6.07, 6.45) is 0.657. The van der Waals surface area contributed by atoms with E-state index in [0.29, 0.717) is 25.4 Å². The fourth-order valence-electron chi connectivity index (χ4n) is 3.23. The van der Waals surface area contributed by atoms with Crippen LogP contribution in [-0.2, 0) is 26.8 Å². The summed E-state index contributed by atoms with van der Waals surface area (Å²) < 4.78 is 6.81. The molecule has 164 valence electrons. The van der Waals surface area contributed by atoms with Gasteiger partial charge >= 0.3 is 0 Å². The Hall–Kier alpha value is -2.67. The summed E-state index contributed by atoms with van der Waals surface area (Å²) in [5, 5.41) is 7.37. The van der Waals surface area contributed by atoms with Crippen LogP contribution in [0.15, 0.2) is 36.4 Å². The molecule has 1 atom stereocenters. The van der Waals surface area contributed by atoms with E-state index in [1.54, 1.807) is 23.7 Å². The molecule has 2 rings (SSSR count). The minimum atomic E-state index is -0.292. The predicted octanol–water partition coefficient (Wildman–Crippen LogP) is 3.32. The Kier molecular flexibility index (Phi) is 8.17. The van der Waals surface area contributed by atoms with E-state index in [-0.39, 0.29) is 29.7 Å². The number of aromatic nitrogens is 2. The zero-order valence-corrected chi connectivity index (χ0v) is 18.9. The summed E-state index contributed by atoms with van der Waals surface area (Å²) in [4.78, 5) is 27.6. The number of benzene rings is 1. The molecule has 0 bridgehead atoms. The lowest BCUT2D eigenvalue weighted by Gasteiger charge is -2.26. The lowest BCUT2D eigenvalue weighted by Crippen LogP contribution is -2.42. The second-order valence-corrected chi connectivity index (χ2v) is 8.46. The van der Waals surface area contributed by atoms with Crippen molar-refractivity contribution in [3.8, 4) is 0 Å². The zero-order chi connectivity index (χ0) is 22.3. The Morgan fingerprint density at radius 2 is 1.90 bits per heavy atom. The van der Waals surface area contributed by atoms with Crippen molar-refractivity contribution in [1.29, 1.82) is 0 Å². The monoisotopic (exact) mass is 414 g/mol. The first kappa shape index (κ1) is 23.6. The largest absolute Gasteiger partial charge is 0.383 e. The Labute approximate surface area is 179 Å². The summed E-state index contributed by atoms with van der Waals surface area (Å²) in [6.45, 7) is 8.87. The molecule has 0 aliphatic rings. The van der Waals surface area contributed by atoms with Crippen molar-refractivity contribution in [1.82, 2.24) is 14.7 Å². The molecule has 7 heteroatoms. The van der Waals surface area contributed by atoms with Crippen molar-refractivity contribution in [2.45, 2.75) is 45.4 Å². The molecule has 0 aliphatic carbocycles. The second-order valence-electron chi connectivity index (χ2n) is 8.46. The molecule has 0 saturated heterocycles. The number of hydrogen-bond donors (Lipinski definition) is 1. The molecule has 1 unspecified atom stereocenters. The zero-order valence-electron chi connectivity index (χ0n) is 18.9. The molecule has 0 fully saturated rings. The van der Waals surface area contributed by atoms with Crippen molar-refractivity contribution in [3.63, 3.8) is 0 Å². The van der Waals surface area contributed by atoms with Crippen LogP contribution in [0.2, 0.25) is 0 Å². The van der Waals surface area contributed by atoms with Crippen LogP contribution in [0, 0.1) is 0 Å². The lowest BCUT2D eigenvalue weighted by atomic mass is 9.92. The molecular formula is C23H34N4O3. The molecular weight excluding hydrogens is 380 g/mol. The first-order valence-electron chi connectivity index (χ1n) is 10.3. The van der Waals surface area contributed by atoms with Gasteiger partial charge in [0.15, 0.2) is 0 Å². The van der Waals surface area contributed by atoms with Gasteiger partial charge in [-0.2, -0.15) is 5.10 Å². The number of anilines is 1. The first-order valence-corrected chi connectivity index (χ1v) is 10.3. The Morgan fingerprint density at radius 3 is 2.43 bits per heavy atom. The van der Waals surface area contributed by atoms with Gasteiger partial charge in [0.25, 0.3) is 0 Å². The maximum Gasteiger partial charge on any atom is 0.245 e. The maximum absolute atomic E-state index is 13.2. The number of nitrogens with zero attached hydrogens (tertiary/aromatic N) is 3.